The molecule has 0 radical (unpaired) electrons. The van der Waals surface area contributed by atoms with Crippen molar-refractivity contribution in [2.45, 2.75) is 18.9 Å². The van der Waals surface area contributed by atoms with E-state index in [0.717, 1.165) is 0 Å². The van der Waals surface area contributed by atoms with Crippen molar-refractivity contribution in [3.8, 4) is 0 Å². The summed E-state index contributed by atoms with van der Waals surface area (Å²) in [4.78, 5) is 35.5. The van der Waals surface area contributed by atoms with Crippen LogP contribution in [0.4, 0.5) is 4.79 Å². The van der Waals surface area contributed by atoms with Crippen LogP contribution in [-0.2, 0) is 14.4 Å². The van der Waals surface area contributed by atoms with Gasteiger partial charge in [-0.05, 0) is 6.42 Å². The van der Waals surface area contributed by atoms with Crippen molar-refractivity contribution in [2.24, 2.45) is 5.73 Å². The third-order valence-electron chi connectivity index (χ3n) is 1.56. The molecule has 1 aliphatic rings. The Morgan fingerprint density at radius 3 is 2.46 bits per heavy atom. The summed E-state index contributed by atoms with van der Waals surface area (Å²) < 4.78 is 0. The van der Waals surface area contributed by atoms with Crippen molar-refractivity contribution in [3.63, 3.8) is 0 Å². The van der Waals surface area contributed by atoms with E-state index < -0.39 is 24.0 Å². The van der Waals surface area contributed by atoms with Crippen molar-refractivity contribution < 1.29 is 24.3 Å². The number of amides is 2. The van der Waals surface area contributed by atoms with Crippen molar-refractivity contribution in [2.75, 3.05) is 0 Å². The molecule has 72 valence electrons. The Kier molecular flexibility index (Phi) is 2.36. The zero-order valence-corrected chi connectivity index (χ0v) is 6.60. The molecule has 1 aliphatic heterocycles. The highest BCUT2D eigenvalue weighted by Crippen LogP contribution is 2.20. The van der Waals surface area contributed by atoms with E-state index >= 15 is 0 Å². The van der Waals surface area contributed by atoms with Gasteiger partial charge in [-0.25, -0.2) is 9.59 Å². The molecule has 0 saturated carbocycles. The minimum absolute atomic E-state index is 0.0313. The lowest BCUT2D eigenvalue weighted by molar-refractivity contribution is -0.143. The topological polar surface area (TPSA) is 113 Å². The van der Waals surface area contributed by atoms with Crippen molar-refractivity contribution in [3.05, 3.63) is 0 Å². The first kappa shape index (κ1) is 9.30. The number of aliphatic carboxylic acids is 1. The molecule has 1 atom stereocenters. The quantitative estimate of drug-likeness (QED) is 0.541. The van der Waals surface area contributed by atoms with E-state index in [1.807, 2.05) is 0 Å². The molecule has 0 spiro atoms. The Balaban J connectivity index is 2.44. The summed E-state index contributed by atoms with van der Waals surface area (Å²) in [5.74, 6) is -1.83. The number of carbonyl (C=O) groups is 3. The van der Waals surface area contributed by atoms with Crippen LogP contribution in [0.2, 0.25) is 0 Å². The Bertz CT molecular complexity index is 264. The molecule has 13 heavy (non-hydrogen) atoms. The third-order valence-corrected chi connectivity index (χ3v) is 1.56. The highest BCUT2D eigenvalue weighted by atomic mass is 16.9. The lowest BCUT2D eigenvalue weighted by Crippen LogP contribution is -2.30. The Hall–Kier alpha value is -1.79. The number of nitrogens with two attached hydrogens (primary N) is 1. The van der Waals surface area contributed by atoms with Gasteiger partial charge in [0.05, 0.1) is 0 Å². The first-order valence-electron chi connectivity index (χ1n) is 3.54. The number of hydrogen-bond acceptors (Lipinski definition) is 4. The smallest absolute Gasteiger partial charge is 0.468 e. The normalized spacial score (nSPS) is 16.3. The van der Waals surface area contributed by atoms with Gasteiger partial charge >= 0.3 is 12.1 Å². The minimum atomic E-state index is -1.22. The number of primary amides is 1. The van der Waals surface area contributed by atoms with Gasteiger partial charge in [-0.1, -0.05) is 0 Å². The Morgan fingerprint density at radius 1 is 1.62 bits per heavy atom. The van der Waals surface area contributed by atoms with E-state index in [9.17, 15) is 14.4 Å². The average molecular weight is 188 g/mol. The summed E-state index contributed by atoms with van der Waals surface area (Å²) in [6.45, 7) is 0. The average Bonchev–Trinajstić information content (AvgIpc) is 2.66. The van der Waals surface area contributed by atoms with E-state index in [1.54, 1.807) is 0 Å². The number of carboxylic acid groups (broad SMARTS) is 1. The maximum atomic E-state index is 10.5. The molecule has 7 nitrogen and oxygen atoms in total. The molecule has 1 heterocycles. The van der Waals surface area contributed by atoms with Gasteiger partial charge in [0.25, 0.3) is 0 Å². The van der Waals surface area contributed by atoms with Crippen LogP contribution < -0.4 is 5.73 Å². The molecule has 2 amide bonds. The summed E-state index contributed by atoms with van der Waals surface area (Å²) in [7, 11) is 0. The summed E-state index contributed by atoms with van der Waals surface area (Å²) >= 11 is 0. The molecule has 1 fully saturated rings. The molecule has 0 bridgehead atoms. The summed E-state index contributed by atoms with van der Waals surface area (Å²) in [5, 5.41) is 9.29. The van der Waals surface area contributed by atoms with Gasteiger partial charge in [0.1, 0.15) is 0 Å². The van der Waals surface area contributed by atoms with Crippen LogP contribution in [0.25, 0.3) is 0 Å². The molecule has 0 unspecified atom stereocenters. The number of nitrogens with zero attached hydrogens (tertiary/aromatic N) is 1. The van der Waals surface area contributed by atoms with E-state index in [4.69, 9.17) is 10.8 Å². The molecule has 7 heteroatoms. The zero-order valence-electron chi connectivity index (χ0n) is 6.60. The first-order valence-corrected chi connectivity index (χ1v) is 3.54. The molecule has 0 aliphatic carbocycles. The highest BCUT2D eigenvalue weighted by Gasteiger charge is 2.45. The fraction of sp³-hybridized carbons (Fsp3) is 0.500. The number of rotatable bonds is 5. The Morgan fingerprint density at radius 2 is 2.15 bits per heavy atom. The van der Waals surface area contributed by atoms with Gasteiger partial charge in [0.15, 0.2) is 6.04 Å². The largest absolute Gasteiger partial charge is 0.480 e. The lowest BCUT2D eigenvalue weighted by Gasteiger charge is -2.06. The van der Waals surface area contributed by atoms with Gasteiger partial charge in [0, 0.05) is 6.42 Å². The second kappa shape index (κ2) is 3.30. The zero-order chi connectivity index (χ0) is 10.0. The van der Waals surface area contributed by atoms with Crippen molar-refractivity contribution in [1.29, 1.82) is 0 Å². The molecule has 0 aromatic heterocycles. The second-order valence-corrected chi connectivity index (χ2v) is 2.54. The molecular formula is C6H8N2O5. The maximum absolute atomic E-state index is 10.5. The van der Waals surface area contributed by atoms with Crippen LogP contribution in [0, 0.1) is 0 Å². The van der Waals surface area contributed by atoms with E-state index in [1.165, 1.54) is 0 Å². The molecule has 3 N–H and O–H groups in total. The van der Waals surface area contributed by atoms with Gasteiger partial charge in [0.2, 0.25) is 5.91 Å². The van der Waals surface area contributed by atoms with Gasteiger partial charge in [-0.2, -0.15) is 0 Å². The lowest BCUT2D eigenvalue weighted by atomic mass is 10.1. The minimum Gasteiger partial charge on any atom is -0.480 e. The molecule has 0 aromatic carbocycles. The second-order valence-electron chi connectivity index (χ2n) is 2.54. The highest BCUT2D eigenvalue weighted by molar-refractivity contribution is 5.85. The van der Waals surface area contributed by atoms with Crippen LogP contribution >= 0.6 is 0 Å². The number of carboxylic acids is 1. The predicted octanol–water partition coefficient (Wildman–Crippen LogP) is -0.928. The van der Waals surface area contributed by atoms with Crippen molar-refractivity contribution >= 4 is 18.0 Å². The standard InChI is InChI=1S/C6H8N2O5/c7-4(9)2-1-3(5(10)11)8-6(12)13-8/h3H,1-2H2,(H2,7,9)(H,10,11)/t3-,8?/m0/s1. The monoisotopic (exact) mass is 188 g/mol. The summed E-state index contributed by atoms with van der Waals surface area (Å²) in [5.41, 5.74) is 4.82. The molecule has 1 saturated heterocycles. The summed E-state index contributed by atoms with van der Waals surface area (Å²) in [6, 6.07) is -1.11. The van der Waals surface area contributed by atoms with Crippen molar-refractivity contribution in [1.82, 2.24) is 5.06 Å². The molecule has 0 aromatic rings. The fourth-order valence-electron chi connectivity index (χ4n) is 0.875. The first-order chi connectivity index (χ1) is 6.02. The van der Waals surface area contributed by atoms with Crippen LogP contribution in [0.5, 0.6) is 0 Å². The SMILES string of the molecule is NC(=O)CC[C@@H](C(=O)O)N1OC1=O. The van der Waals surface area contributed by atoms with E-state index in [2.05, 4.69) is 4.84 Å². The summed E-state index contributed by atoms with van der Waals surface area (Å²) in [6.07, 6.45) is -0.822. The number of hydroxylamine groups is 2. The van der Waals surface area contributed by atoms with Crippen LogP contribution in [0.3, 0.4) is 0 Å². The number of carbonyl (C=O) groups excluding carboxylic acids is 2. The van der Waals surface area contributed by atoms with E-state index in [0.29, 0.717) is 5.06 Å². The molecular weight excluding hydrogens is 180 g/mol. The fourth-order valence-corrected chi connectivity index (χ4v) is 0.875. The van der Waals surface area contributed by atoms with Crippen LogP contribution in [0.15, 0.2) is 0 Å². The predicted molar refractivity (Wildman–Crippen MR) is 38.2 cm³/mol. The third kappa shape index (κ3) is 2.32. The van der Waals surface area contributed by atoms with Crippen LogP contribution in [0.1, 0.15) is 12.8 Å². The van der Waals surface area contributed by atoms with Crippen LogP contribution in [-0.4, -0.2) is 34.2 Å². The maximum Gasteiger partial charge on any atom is 0.468 e. The molecule has 1 rings (SSSR count). The Labute approximate surface area is 73.0 Å². The van der Waals surface area contributed by atoms with Gasteiger partial charge in [-0.15, -0.1) is 5.06 Å². The van der Waals surface area contributed by atoms with Gasteiger partial charge in [-0.3, -0.25) is 4.79 Å². The van der Waals surface area contributed by atoms with E-state index in [-0.39, 0.29) is 12.8 Å². The number of hydrogen-bond donors (Lipinski definition) is 2. The van der Waals surface area contributed by atoms with Gasteiger partial charge < -0.3 is 15.7 Å².